The Balaban J connectivity index is 1.84. The maximum Gasteiger partial charge on any atom is 0.416 e. The SMILES string of the molecule is CCCCCNc1nc(-c2ccc(C(F)(F)F)cc2)cc(=O)n1Cc1ccc(C(=O)CCCC(=O)O)cc1. The van der Waals surface area contributed by atoms with Gasteiger partial charge in [0, 0.05) is 36.6 Å². The topological polar surface area (TPSA) is 101 Å². The Labute approximate surface area is 218 Å². The minimum atomic E-state index is -4.46. The van der Waals surface area contributed by atoms with E-state index in [1.807, 2.05) is 0 Å². The number of Topliss-reactive ketones (excluding diaryl/α,β-unsaturated/α-hetero) is 1. The molecule has 0 aliphatic carbocycles. The van der Waals surface area contributed by atoms with E-state index in [1.165, 1.54) is 22.8 Å². The fraction of sp³-hybridized carbons (Fsp3) is 0.357. The number of carboxylic acid groups (broad SMARTS) is 1. The van der Waals surface area contributed by atoms with Gasteiger partial charge in [-0.25, -0.2) is 4.98 Å². The van der Waals surface area contributed by atoms with Crippen LogP contribution in [-0.2, 0) is 17.5 Å². The Kier molecular flexibility index (Phi) is 9.81. The van der Waals surface area contributed by atoms with Crippen molar-refractivity contribution in [2.75, 3.05) is 11.9 Å². The monoisotopic (exact) mass is 529 g/mol. The van der Waals surface area contributed by atoms with Crippen LogP contribution in [0.15, 0.2) is 59.4 Å². The molecule has 0 saturated carbocycles. The van der Waals surface area contributed by atoms with Gasteiger partial charge < -0.3 is 10.4 Å². The van der Waals surface area contributed by atoms with Gasteiger partial charge in [-0.05, 0) is 30.5 Å². The minimum Gasteiger partial charge on any atom is -0.481 e. The van der Waals surface area contributed by atoms with Gasteiger partial charge >= 0.3 is 12.1 Å². The summed E-state index contributed by atoms with van der Waals surface area (Å²) in [7, 11) is 0. The summed E-state index contributed by atoms with van der Waals surface area (Å²) in [6.45, 7) is 2.81. The highest BCUT2D eigenvalue weighted by atomic mass is 19.4. The van der Waals surface area contributed by atoms with Crippen molar-refractivity contribution in [2.24, 2.45) is 0 Å². The van der Waals surface area contributed by atoms with E-state index < -0.39 is 17.7 Å². The molecule has 0 saturated heterocycles. The second-order valence-electron chi connectivity index (χ2n) is 8.97. The molecule has 0 bridgehead atoms. The van der Waals surface area contributed by atoms with Crippen molar-refractivity contribution >= 4 is 17.7 Å². The van der Waals surface area contributed by atoms with Crippen LogP contribution in [0.25, 0.3) is 11.3 Å². The van der Waals surface area contributed by atoms with Crippen molar-refractivity contribution in [1.29, 1.82) is 0 Å². The molecular formula is C28H30F3N3O4. The first kappa shape index (κ1) is 28.6. The van der Waals surface area contributed by atoms with Gasteiger partial charge in [-0.15, -0.1) is 0 Å². The van der Waals surface area contributed by atoms with Gasteiger partial charge in [0.2, 0.25) is 5.95 Å². The number of halogens is 3. The van der Waals surface area contributed by atoms with Crippen molar-refractivity contribution in [1.82, 2.24) is 9.55 Å². The Morgan fingerprint density at radius 3 is 2.26 bits per heavy atom. The van der Waals surface area contributed by atoms with Crippen molar-refractivity contribution in [3.05, 3.63) is 81.6 Å². The lowest BCUT2D eigenvalue weighted by atomic mass is 10.0. The highest BCUT2D eigenvalue weighted by Crippen LogP contribution is 2.30. The number of rotatable bonds is 13. The number of benzene rings is 2. The molecule has 2 N–H and O–H groups in total. The number of aliphatic carboxylic acids is 1. The first-order valence-corrected chi connectivity index (χ1v) is 12.5. The third-order valence-corrected chi connectivity index (χ3v) is 5.99. The molecule has 202 valence electrons. The highest BCUT2D eigenvalue weighted by molar-refractivity contribution is 5.96. The molecule has 3 rings (SSSR count). The second kappa shape index (κ2) is 13.0. The number of nitrogens with one attached hydrogen (secondary N) is 1. The Bertz CT molecular complexity index is 1300. The lowest BCUT2D eigenvalue weighted by Crippen LogP contribution is -2.25. The number of carboxylic acids is 1. The third-order valence-electron chi connectivity index (χ3n) is 5.99. The average Bonchev–Trinajstić information content (AvgIpc) is 2.88. The van der Waals surface area contributed by atoms with Crippen LogP contribution in [0.4, 0.5) is 19.1 Å². The van der Waals surface area contributed by atoms with Crippen LogP contribution < -0.4 is 10.9 Å². The Morgan fingerprint density at radius 1 is 0.974 bits per heavy atom. The number of alkyl halides is 3. The number of carbonyl (C=O) groups excluding carboxylic acids is 1. The number of hydrogen-bond acceptors (Lipinski definition) is 5. The Hall–Kier alpha value is -3.95. The van der Waals surface area contributed by atoms with Crippen LogP contribution in [0, 0.1) is 0 Å². The molecule has 0 spiro atoms. The van der Waals surface area contributed by atoms with E-state index in [4.69, 9.17) is 5.11 Å². The zero-order valence-corrected chi connectivity index (χ0v) is 21.1. The highest BCUT2D eigenvalue weighted by Gasteiger charge is 2.30. The van der Waals surface area contributed by atoms with Crippen molar-refractivity contribution in [3.63, 3.8) is 0 Å². The fourth-order valence-corrected chi connectivity index (χ4v) is 3.87. The molecule has 0 amide bonds. The van der Waals surface area contributed by atoms with Gasteiger partial charge in [0.25, 0.3) is 5.56 Å². The van der Waals surface area contributed by atoms with Crippen LogP contribution in [0.2, 0.25) is 0 Å². The minimum absolute atomic E-state index is 0.0732. The number of carbonyl (C=O) groups is 2. The molecule has 0 fully saturated rings. The van der Waals surface area contributed by atoms with Gasteiger partial charge in [-0.3, -0.25) is 19.0 Å². The summed E-state index contributed by atoms with van der Waals surface area (Å²) in [5, 5.41) is 11.9. The van der Waals surface area contributed by atoms with Crippen molar-refractivity contribution in [2.45, 2.75) is 58.2 Å². The summed E-state index contributed by atoms with van der Waals surface area (Å²) in [6.07, 6.45) is -1.29. The van der Waals surface area contributed by atoms with Gasteiger partial charge in [-0.2, -0.15) is 13.2 Å². The van der Waals surface area contributed by atoms with Gasteiger partial charge in [0.1, 0.15) is 0 Å². The maximum absolute atomic E-state index is 13.1. The van der Waals surface area contributed by atoms with E-state index in [9.17, 15) is 27.6 Å². The number of aromatic nitrogens is 2. The van der Waals surface area contributed by atoms with E-state index in [0.717, 1.165) is 37.0 Å². The molecule has 0 aliphatic heterocycles. The van der Waals surface area contributed by atoms with Crippen LogP contribution in [0.3, 0.4) is 0 Å². The smallest absolute Gasteiger partial charge is 0.416 e. The zero-order valence-electron chi connectivity index (χ0n) is 21.1. The summed E-state index contributed by atoms with van der Waals surface area (Å²) in [5.41, 5.74) is 0.706. The fourth-order valence-electron chi connectivity index (χ4n) is 3.87. The van der Waals surface area contributed by atoms with E-state index in [0.29, 0.717) is 23.6 Å². The normalized spacial score (nSPS) is 11.4. The molecule has 1 aromatic heterocycles. The summed E-state index contributed by atoms with van der Waals surface area (Å²) in [4.78, 5) is 40.6. The first-order valence-electron chi connectivity index (χ1n) is 12.5. The largest absolute Gasteiger partial charge is 0.481 e. The molecule has 2 aromatic carbocycles. The van der Waals surface area contributed by atoms with E-state index >= 15 is 0 Å². The summed E-state index contributed by atoms with van der Waals surface area (Å²) in [5.74, 6) is -0.802. The van der Waals surface area contributed by atoms with Crippen LogP contribution in [0.5, 0.6) is 0 Å². The molecule has 0 unspecified atom stereocenters. The standard InChI is InChI=1S/C28H30F3N3O4/c1-2-3-4-16-32-27-33-23(20-12-14-22(15-13-20)28(29,30)31)17-25(36)34(27)18-19-8-10-21(11-9-19)24(35)6-5-7-26(37)38/h8-15,17H,2-7,16,18H2,1H3,(H,32,33)(H,37,38). The first-order chi connectivity index (χ1) is 18.1. The molecule has 1 heterocycles. The van der Waals surface area contributed by atoms with Crippen LogP contribution in [0.1, 0.15) is 66.9 Å². The summed E-state index contributed by atoms with van der Waals surface area (Å²) in [6, 6.07) is 12.5. The van der Waals surface area contributed by atoms with Crippen molar-refractivity contribution < 1.29 is 27.9 Å². The number of nitrogens with zero attached hydrogens (tertiary/aromatic N) is 2. The molecular weight excluding hydrogens is 499 g/mol. The number of unbranched alkanes of at least 4 members (excludes halogenated alkanes) is 2. The van der Waals surface area contributed by atoms with Crippen LogP contribution >= 0.6 is 0 Å². The quantitative estimate of drug-likeness (QED) is 0.208. The van der Waals surface area contributed by atoms with Gasteiger partial charge in [0.05, 0.1) is 17.8 Å². The summed E-state index contributed by atoms with van der Waals surface area (Å²) >= 11 is 0. The molecule has 0 atom stereocenters. The van der Waals surface area contributed by atoms with E-state index in [2.05, 4.69) is 17.2 Å². The van der Waals surface area contributed by atoms with Gasteiger partial charge in [-0.1, -0.05) is 56.2 Å². The lowest BCUT2D eigenvalue weighted by Gasteiger charge is -2.16. The van der Waals surface area contributed by atoms with E-state index in [-0.39, 0.29) is 42.8 Å². The second-order valence-corrected chi connectivity index (χ2v) is 8.97. The number of ketones is 1. The average molecular weight is 530 g/mol. The summed E-state index contributed by atoms with van der Waals surface area (Å²) < 4.78 is 40.3. The molecule has 10 heteroatoms. The zero-order chi connectivity index (χ0) is 27.7. The molecule has 3 aromatic rings. The molecule has 0 aliphatic rings. The Morgan fingerprint density at radius 2 is 1.66 bits per heavy atom. The third kappa shape index (κ3) is 8.03. The van der Waals surface area contributed by atoms with Crippen LogP contribution in [-0.4, -0.2) is 33.0 Å². The maximum atomic E-state index is 13.1. The molecule has 38 heavy (non-hydrogen) atoms. The van der Waals surface area contributed by atoms with Gasteiger partial charge in [0.15, 0.2) is 5.78 Å². The van der Waals surface area contributed by atoms with E-state index in [1.54, 1.807) is 24.3 Å². The van der Waals surface area contributed by atoms with Crippen molar-refractivity contribution in [3.8, 4) is 11.3 Å². The predicted molar refractivity (Wildman–Crippen MR) is 138 cm³/mol. The molecule has 7 nitrogen and oxygen atoms in total. The lowest BCUT2D eigenvalue weighted by molar-refractivity contribution is -0.138. The molecule has 0 radical (unpaired) electrons. The predicted octanol–water partition coefficient (Wildman–Crippen LogP) is 6.02. The number of anilines is 1. The number of hydrogen-bond donors (Lipinski definition) is 2.